The Morgan fingerprint density at radius 3 is 2.40 bits per heavy atom. The first-order valence-electron chi connectivity index (χ1n) is 6.20. The lowest BCUT2D eigenvalue weighted by Crippen LogP contribution is -2.42. The zero-order valence-corrected chi connectivity index (χ0v) is 12.2. The SMILES string of the molecule is CC(C)N(C(=O)OC(C)(C)C)c1nnccc1C(=O)O. The fourth-order valence-corrected chi connectivity index (χ4v) is 1.52. The summed E-state index contributed by atoms with van der Waals surface area (Å²) < 4.78 is 5.28. The molecule has 0 aliphatic carbocycles. The van der Waals surface area contributed by atoms with Gasteiger partial charge in [-0.1, -0.05) is 0 Å². The smallest absolute Gasteiger partial charge is 0.416 e. The summed E-state index contributed by atoms with van der Waals surface area (Å²) in [4.78, 5) is 24.6. The third kappa shape index (κ3) is 3.91. The number of ether oxygens (including phenoxy) is 1. The van der Waals surface area contributed by atoms with Crippen molar-refractivity contribution < 1.29 is 19.4 Å². The van der Waals surface area contributed by atoms with E-state index in [1.54, 1.807) is 34.6 Å². The zero-order chi connectivity index (χ0) is 15.5. The third-order valence-electron chi connectivity index (χ3n) is 2.27. The molecule has 110 valence electrons. The van der Waals surface area contributed by atoms with Crippen molar-refractivity contribution in [1.29, 1.82) is 0 Å². The Bertz CT molecular complexity index is 509. The van der Waals surface area contributed by atoms with Gasteiger partial charge in [-0.2, -0.15) is 5.10 Å². The van der Waals surface area contributed by atoms with Gasteiger partial charge in [0.15, 0.2) is 5.82 Å². The van der Waals surface area contributed by atoms with E-state index in [-0.39, 0.29) is 17.4 Å². The molecule has 20 heavy (non-hydrogen) atoms. The molecular weight excluding hydrogens is 262 g/mol. The molecule has 1 amide bonds. The second kappa shape index (κ2) is 5.85. The molecule has 0 bridgehead atoms. The molecule has 0 aromatic carbocycles. The second-order valence-electron chi connectivity index (χ2n) is 5.52. The van der Waals surface area contributed by atoms with Crippen LogP contribution in [0, 0.1) is 0 Å². The number of hydrogen-bond donors (Lipinski definition) is 1. The normalized spacial score (nSPS) is 11.3. The fraction of sp³-hybridized carbons (Fsp3) is 0.538. The van der Waals surface area contributed by atoms with Crippen LogP contribution in [0.1, 0.15) is 45.0 Å². The number of rotatable bonds is 3. The van der Waals surface area contributed by atoms with Gasteiger partial charge in [-0.3, -0.25) is 4.90 Å². The van der Waals surface area contributed by atoms with Gasteiger partial charge in [0.2, 0.25) is 0 Å². The van der Waals surface area contributed by atoms with E-state index in [4.69, 9.17) is 9.84 Å². The highest BCUT2D eigenvalue weighted by atomic mass is 16.6. The summed E-state index contributed by atoms with van der Waals surface area (Å²) >= 11 is 0. The van der Waals surface area contributed by atoms with Crippen LogP contribution in [0.3, 0.4) is 0 Å². The number of carboxylic acids is 1. The maximum absolute atomic E-state index is 12.2. The van der Waals surface area contributed by atoms with Crippen molar-refractivity contribution in [3.05, 3.63) is 17.8 Å². The summed E-state index contributed by atoms with van der Waals surface area (Å²) in [6.07, 6.45) is 0.607. The lowest BCUT2D eigenvalue weighted by atomic mass is 10.2. The summed E-state index contributed by atoms with van der Waals surface area (Å²) in [5.41, 5.74) is -0.782. The van der Waals surface area contributed by atoms with Gasteiger partial charge in [0.1, 0.15) is 11.2 Å². The average molecular weight is 281 g/mol. The van der Waals surface area contributed by atoms with E-state index < -0.39 is 17.7 Å². The number of carboxylic acid groups (broad SMARTS) is 1. The van der Waals surface area contributed by atoms with Crippen molar-refractivity contribution in [3.63, 3.8) is 0 Å². The van der Waals surface area contributed by atoms with Crippen molar-refractivity contribution in [2.45, 2.75) is 46.3 Å². The number of hydrogen-bond acceptors (Lipinski definition) is 5. The fourth-order valence-electron chi connectivity index (χ4n) is 1.52. The highest BCUT2D eigenvalue weighted by Gasteiger charge is 2.30. The van der Waals surface area contributed by atoms with E-state index in [9.17, 15) is 9.59 Å². The molecule has 0 saturated heterocycles. The predicted molar refractivity (Wildman–Crippen MR) is 72.8 cm³/mol. The van der Waals surface area contributed by atoms with Gasteiger partial charge in [0.05, 0.1) is 6.20 Å². The van der Waals surface area contributed by atoms with Gasteiger partial charge >= 0.3 is 12.1 Å². The summed E-state index contributed by atoms with van der Waals surface area (Å²) in [6, 6.07) is 0.976. The molecule has 1 N–H and O–H groups in total. The van der Waals surface area contributed by atoms with Crippen LogP contribution >= 0.6 is 0 Å². The minimum Gasteiger partial charge on any atom is -0.478 e. The van der Waals surface area contributed by atoms with Crippen LogP contribution in [-0.4, -0.2) is 39.0 Å². The van der Waals surface area contributed by atoms with E-state index in [2.05, 4.69) is 10.2 Å². The summed E-state index contributed by atoms with van der Waals surface area (Å²) in [5, 5.41) is 16.6. The van der Waals surface area contributed by atoms with Crippen molar-refractivity contribution in [1.82, 2.24) is 10.2 Å². The molecule has 0 saturated carbocycles. The summed E-state index contributed by atoms with van der Waals surface area (Å²) in [7, 11) is 0. The maximum atomic E-state index is 12.2. The number of amides is 1. The van der Waals surface area contributed by atoms with E-state index in [1.165, 1.54) is 17.2 Å². The Hall–Kier alpha value is -2.18. The minimum atomic E-state index is -1.18. The van der Waals surface area contributed by atoms with Gasteiger partial charge in [0, 0.05) is 6.04 Å². The molecule has 0 aliphatic rings. The Morgan fingerprint density at radius 2 is 1.95 bits per heavy atom. The molecule has 0 spiro atoms. The van der Waals surface area contributed by atoms with Crippen LogP contribution in [0.2, 0.25) is 0 Å². The van der Waals surface area contributed by atoms with E-state index in [1.807, 2.05) is 0 Å². The summed E-state index contributed by atoms with van der Waals surface area (Å²) in [6.45, 7) is 8.68. The maximum Gasteiger partial charge on any atom is 0.416 e. The first-order valence-corrected chi connectivity index (χ1v) is 6.20. The van der Waals surface area contributed by atoms with Crippen molar-refractivity contribution in [3.8, 4) is 0 Å². The molecule has 0 aliphatic heterocycles. The molecule has 7 nitrogen and oxygen atoms in total. The van der Waals surface area contributed by atoms with Gasteiger partial charge < -0.3 is 9.84 Å². The molecule has 1 rings (SSSR count). The highest BCUT2D eigenvalue weighted by molar-refractivity contribution is 5.98. The lowest BCUT2D eigenvalue weighted by molar-refractivity contribution is 0.0568. The molecule has 1 heterocycles. The lowest BCUT2D eigenvalue weighted by Gasteiger charge is -2.29. The van der Waals surface area contributed by atoms with Crippen LogP contribution in [0.4, 0.5) is 10.6 Å². The Kier molecular flexibility index (Phi) is 4.65. The van der Waals surface area contributed by atoms with Crippen LogP contribution in [0.25, 0.3) is 0 Å². The van der Waals surface area contributed by atoms with Crippen LogP contribution in [0.15, 0.2) is 12.3 Å². The summed E-state index contributed by atoms with van der Waals surface area (Å²) in [5.74, 6) is -1.20. The first kappa shape index (κ1) is 15.9. The number of carbonyl (C=O) groups excluding carboxylic acids is 1. The number of aromatic nitrogens is 2. The average Bonchev–Trinajstić information content (AvgIpc) is 2.26. The van der Waals surface area contributed by atoms with Gasteiger partial charge in [-0.15, -0.1) is 5.10 Å². The van der Waals surface area contributed by atoms with Crippen LogP contribution in [-0.2, 0) is 4.74 Å². The minimum absolute atomic E-state index is 0.0238. The zero-order valence-electron chi connectivity index (χ0n) is 12.2. The van der Waals surface area contributed by atoms with Gasteiger partial charge in [-0.25, -0.2) is 9.59 Å². The second-order valence-corrected chi connectivity index (χ2v) is 5.52. The largest absolute Gasteiger partial charge is 0.478 e. The molecule has 0 atom stereocenters. The predicted octanol–water partition coefficient (Wildman–Crippen LogP) is 2.32. The first-order chi connectivity index (χ1) is 9.13. The standard InChI is InChI=1S/C13H19N3O4/c1-8(2)16(12(19)20-13(3,4)5)10-9(11(17)18)6-7-14-15-10/h6-8H,1-5H3,(H,17,18). The highest BCUT2D eigenvalue weighted by Crippen LogP contribution is 2.22. The Labute approximate surface area is 117 Å². The van der Waals surface area contributed by atoms with Crippen LogP contribution < -0.4 is 4.90 Å². The van der Waals surface area contributed by atoms with E-state index in [0.717, 1.165) is 0 Å². The van der Waals surface area contributed by atoms with Crippen molar-refractivity contribution >= 4 is 17.9 Å². The molecule has 0 fully saturated rings. The molecular formula is C13H19N3O4. The number of anilines is 1. The Balaban J connectivity index is 3.22. The van der Waals surface area contributed by atoms with Gasteiger partial charge in [-0.05, 0) is 40.7 Å². The van der Waals surface area contributed by atoms with E-state index >= 15 is 0 Å². The number of nitrogens with zero attached hydrogens (tertiary/aromatic N) is 3. The van der Waals surface area contributed by atoms with Crippen molar-refractivity contribution in [2.24, 2.45) is 0 Å². The van der Waals surface area contributed by atoms with Gasteiger partial charge in [0.25, 0.3) is 0 Å². The molecule has 1 aromatic rings. The van der Waals surface area contributed by atoms with Crippen LogP contribution in [0.5, 0.6) is 0 Å². The third-order valence-corrected chi connectivity index (χ3v) is 2.27. The molecule has 0 unspecified atom stereocenters. The molecule has 1 aromatic heterocycles. The number of aromatic carboxylic acids is 1. The van der Waals surface area contributed by atoms with Crippen molar-refractivity contribution in [2.75, 3.05) is 4.90 Å². The monoisotopic (exact) mass is 281 g/mol. The Morgan fingerprint density at radius 1 is 1.35 bits per heavy atom. The molecule has 0 radical (unpaired) electrons. The molecule has 7 heteroatoms. The number of carbonyl (C=O) groups is 2. The topological polar surface area (TPSA) is 92.6 Å². The quantitative estimate of drug-likeness (QED) is 0.914. The van der Waals surface area contributed by atoms with E-state index in [0.29, 0.717) is 0 Å².